The molecule has 74 valence electrons. The molecular weight excluding hydrogens is 240 g/mol. The molecule has 0 aliphatic rings. The Bertz CT molecular complexity index is 466. The molecule has 2 heterocycles. The lowest BCUT2D eigenvalue weighted by Gasteiger charge is -2.16. The number of fused-ring (bicyclic) bond motifs is 1. The van der Waals surface area contributed by atoms with E-state index >= 15 is 0 Å². The van der Waals surface area contributed by atoms with E-state index in [9.17, 15) is 0 Å². The Balaban J connectivity index is 2.76. The number of hydrogen-bond acceptors (Lipinski definition) is 1. The summed E-state index contributed by atoms with van der Waals surface area (Å²) in [5.74, 6) is 1.09. The molecule has 0 aliphatic carbocycles. The molecule has 2 rings (SSSR count). The van der Waals surface area contributed by atoms with Gasteiger partial charge in [-0.05, 0) is 28.1 Å². The summed E-state index contributed by atoms with van der Waals surface area (Å²) in [6, 6.07) is 4.05. The maximum absolute atomic E-state index is 4.46. The Hall–Kier alpha value is -0.830. The predicted molar refractivity (Wildman–Crippen MR) is 61.6 cm³/mol. The third-order valence-corrected chi connectivity index (χ3v) is 2.86. The number of nitrogens with zero attached hydrogens (tertiary/aromatic N) is 2. The van der Waals surface area contributed by atoms with Gasteiger partial charge in [-0.25, -0.2) is 4.98 Å². The van der Waals surface area contributed by atoms with Crippen LogP contribution in [0.2, 0.25) is 0 Å². The lowest BCUT2D eigenvalue weighted by molar-refractivity contribution is 0.543. The van der Waals surface area contributed by atoms with E-state index < -0.39 is 0 Å². The normalized spacial score (nSPS) is 12.3. The van der Waals surface area contributed by atoms with E-state index in [1.54, 1.807) is 0 Å². The predicted octanol–water partition coefficient (Wildman–Crippen LogP) is 3.39. The van der Waals surface area contributed by atoms with Crippen molar-refractivity contribution in [3.8, 4) is 0 Å². The number of aromatic nitrogens is 2. The third-order valence-electron chi connectivity index (χ3n) is 2.19. The van der Waals surface area contributed by atoms with E-state index in [2.05, 4.69) is 46.1 Å². The minimum atomic E-state index is 0.0766. The molecule has 0 amide bonds. The smallest absolute Gasteiger partial charge is 0.118 e. The van der Waals surface area contributed by atoms with Crippen LogP contribution in [0.1, 0.15) is 26.6 Å². The zero-order valence-electron chi connectivity index (χ0n) is 8.58. The van der Waals surface area contributed by atoms with Crippen LogP contribution in [0.15, 0.2) is 29.0 Å². The summed E-state index contributed by atoms with van der Waals surface area (Å²) >= 11 is 3.52. The van der Waals surface area contributed by atoms with Crippen LogP contribution in [-0.4, -0.2) is 9.38 Å². The van der Waals surface area contributed by atoms with Gasteiger partial charge in [-0.1, -0.05) is 20.8 Å². The number of pyridine rings is 1. The van der Waals surface area contributed by atoms with Gasteiger partial charge >= 0.3 is 0 Å². The van der Waals surface area contributed by atoms with Gasteiger partial charge in [0.25, 0.3) is 0 Å². The fraction of sp³-hybridized carbons (Fsp3) is 0.364. The van der Waals surface area contributed by atoms with E-state index in [1.807, 2.05) is 24.5 Å². The summed E-state index contributed by atoms with van der Waals surface area (Å²) in [6.07, 6.45) is 3.96. The van der Waals surface area contributed by atoms with Crippen LogP contribution in [0.5, 0.6) is 0 Å². The largest absolute Gasteiger partial charge is 0.302 e. The van der Waals surface area contributed by atoms with Crippen molar-refractivity contribution >= 4 is 21.4 Å². The van der Waals surface area contributed by atoms with Gasteiger partial charge in [-0.2, -0.15) is 0 Å². The van der Waals surface area contributed by atoms with Crippen molar-refractivity contribution in [1.29, 1.82) is 0 Å². The summed E-state index contributed by atoms with van der Waals surface area (Å²) in [5, 5.41) is 0. The highest BCUT2D eigenvalue weighted by Crippen LogP contribution is 2.25. The van der Waals surface area contributed by atoms with Gasteiger partial charge in [0.15, 0.2) is 0 Å². The lowest BCUT2D eigenvalue weighted by atomic mass is 9.96. The molecule has 0 aromatic carbocycles. The summed E-state index contributed by atoms with van der Waals surface area (Å²) in [6.45, 7) is 6.51. The minimum Gasteiger partial charge on any atom is -0.302 e. The number of rotatable bonds is 0. The first-order valence-electron chi connectivity index (χ1n) is 4.62. The fourth-order valence-corrected chi connectivity index (χ4v) is 1.99. The van der Waals surface area contributed by atoms with Crippen molar-refractivity contribution in [1.82, 2.24) is 9.38 Å². The first-order chi connectivity index (χ1) is 6.50. The second-order valence-corrected chi connectivity index (χ2v) is 5.30. The summed E-state index contributed by atoms with van der Waals surface area (Å²) < 4.78 is 3.22. The third kappa shape index (κ3) is 1.46. The molecule has 0 spiro atoms. The quantitative estimate of drug-likeness (QED) is 0.703. The average molecular weight is 253 g/mol. The number of hydrogen-bond donors (Lipinski definition) is 0. The van der Waals surface area contributed by atoms with Crippen LogP contribution in [0.25, 0.3) is 5.52 Å². The Kier molecular flexibility index (Phi) is 2.14. The topological polar surface area (TPSA) is 17.3 Å². The molecule has 2 aromatic heterocycles. The number of halogens is 1. The van der Waals surface area contributed by atoms with E-state index in [1.165, 1.54) is 0 Å². The highest BCUT2D eigenvalue weighted by molar-refractivity contribution is 9.10. The molecule has 2 nitrogen and oxygen atoms in total. The fourth-order valence-electron chi connectivity index (χ4n) is 1.54. The van der Waals surface area contributed by atoms with Crippen molar-refractivity contribution in [2.45, 2.75) is 26.2 Å². The molecule has 0 unspecified atom stereocenters. The Morgan fingerprint density at radius 1 is 1.36 bits per heavy atom. The maximum atomic E-state index is 4.46. The van der Waals surface area contributed by atoms with Gasteiger partial charge in [-0.15, -0.1) is 0 Å². The SMILES string of the molecule is CC(C)(C)c1ncc2c(Br)cccn12. The highest BCUT2D eigenvalue weighted by Gasteiger charge is 2.19. The van der Waals surface area contributed by atoms with Crippen molar-refractivity contribution in [3.63, 3.8) is 0 Å². The van der Waals surface area contributed by atoms with Gasteiger partial charge in [0.05, 0.1) is 11.7 Å². The molecule has 0 saturated carbocycles. The first kappa shape index (κ1) is 9.71. The van der Waals surface area contributed by atoms with Gasteiger partial charge in [-0.3, -0.25) is 0 Å². The molecule has 0 fully saturated rings. The Morgan fingerprint density at radius 3 is 2.71 bits per heavy atom. The molecule has 0 bridgehead atoms. The van der Waals surface area contributed by atoms with Crippen LogP contribution in [0, 0.1) is 0 Å². The van der Waals surface area contributed by atoms with Gasteiger partial charge < -0.3 is 4.40 Å². The van der Waals surface area contributed by atoms with Crippen molar-refractivity contribution in [3.05, 3.63) is 34.8 Å². The first-order valence-corrected chi connectivity index (χ1v) is 5.41. The van der Waals surface area contributed by atoms with Crippen LogP contribution in [-0.2, 0) is 5.41 Å². The molecule has 3 heteroatoms. The van der Waals surface area contributed by atoms with E-state index in [0.29, 0.717) is 0 Å². The molecule has 0 saturated heterocycles. The van der Waals surface area contributed by atoms with Crippen LogP contribution in [0.4, 0.5) is 0 Å². The Labute approximate surface area is 92.1 Å². The summed E-state index contributed by atoms with van der Waals surface area (Å²) in [4.78, 5) is 4.46. The maximum Gasteiger partial charge on any atom is 0.118 e. The molecular formula is C11H13BrN2. The van der Waals surface area contributed by atoms with Gasteiger partial charge in [0.1, 0.15) is 5.82 Å². The second-order valence-electron chi connectivity index (χ2n) is 4.44. The summed E-state index contributed by atoms with van der Waals surface area (Å²) in [5.41, 5.74) is 1.20. The van der Waals surface area contributed by atoms with Crippen molar-refractivity contribution in [2.24, 2.45) is 0 Å². The van der Waals surface area contributed by atoms with Crippen molar-refractivity contribution in [2.75, 3.05) is 0 Å². The van der Waals surface area contributed by atoms with Gasteiger partial charge in [0, 0.05) is 16.1 Å². The lowest BCUT2D eigenvalue weighted by Crippen LogP contribution is -2.15. The Morgan fingerprint density at radius 2 is 2.07 bits per heavy atom. The van der Waals surface area contributed by atoms with E-state index in [-0.39, 0.29) is 5.41 Å². The monoisotopic (exact) mass is 252 g/mol. The molecule has 0 atom stereocenters. The number of imidazole rings is 1. The molecule has 0 aliphatic heterocycles. The van der Waals surface area contributed by atoms with E-state index in [4.69, 9.17) is 0 Å². The van der Waals surface area contributed by atoms with Crippen LogP contribution >= 0.6 is 15.9 Å². The molecule has 0 N–H and O–H groups in total. The summed E-state index contributed by atoms with van der Waals surface area (Å²) in [7, 11) is 0. The highest BCUT2D eigenvalue weighted by atomic mass is 79.9. The van der Waals surface area contributed by atoms with Crippen molar-refractivity contribution < 1.29 is 0 Å². The molecule has 14 heavy (non-hydrogen) atoms. The standard InChI is InChI=1S/C11H13BrN2/c1-11(2,3)10-13-7-9-8(12)5-4-6-14(9)10/h4-7H,1-3H3. The van der Waals surface area contributed by atoms with Crippen LogP contribution in [0.3, 0.4) is 0 Å². The zero-order chi connectivity index (χ0) is 10.3. The van der Waals surface area contributed by atoms with Gasteiger partial charge in [0.2, 0.25) is 0 Å². The second kappa shape index (κ2) is 3.09. The molecule has 2 aromatic rings. The van der Waals surface area contributed by atoms with E-state index in [0.717, 1.165) is 15.8 Å². The zero-order valence-corrected chi connectivity index (χ0v) is 10.2. The average Bonchev–Trinajstić information content (AvgIpc) is 2.47. The molecule has 0 radical (unpaired) electrons. The van der Waals surface area contributed by atoms with Crippen LogP contribution < -0.4 is 0 Å². The minimum absolute atomic E-state index is 0.0766.